The third-order valence-corrected chi connectivity index (χ3v) is 6.10. The molecule has 7 heteroatoms. The molecule has 3 rings (SSSR count). The summed E-state index contributed by atoms with van der Waals surface area (Å²) in [5, 5.41) is 30.8. The fraction of sp³-hybridized carbons (Fsp3) is 0.667. The largest absolute Gasteiger partial charge is 0.387 e. The van der Waals surface area contributed by atoms with Crippen molar-refractivity contribution >= 4 is 11.8 Å². The number of nitrogens with zero attached hydrogens (tertiary/aromatic N) is 3. The molecule has 6 nitrogen and oxygen atoms in total. The van der Waals surface area contributed by atoms with Crippen LogP contribution in [-0.4, -0.2) is 63.4 Å². The van der Waals surface area contributed by atoms with Crippen molar-refractivity contribution in [2.45, 2.75) is 55.1 Å². The van der Waals surface area contributed by atoms with E-state index in [0.29, 0.717) is 38.0 Å². The molecule has 136 valence electrons. The van der Waals surface area contributed by atoms with Gasteiger partial charge >= 0.3 is 0 Å². The number of nitriles is 1. The molecule has 2 aliphatic rings. The number of pyridine rings is 1. The van der Waals surface area contributed by atoms with E-state index in [9.17, 15) is 10.2 Å². The van der Waals surface area contributed by atoms with Gasteiger partial charge in [0.1, 0.15) is 17.2 Å². The van der Waals surface area contributed by atoms with Crippen LogP contribution in [0.3, 0.4) is 0 Å². The molecule has 3 heterocycles. The fourth-order valence-electron chi connectivity index (χ4n) is 3.79. The van der Waals surface area contributed by atoms with E-state index in [4.69, 9.17) is 10.00 Å². The molecule has 1 aromatic heterocycles. The van der Waals surface area contributed by atoms with Crippen molar-refractivity contribution in [1.82, 2.24) is 9.88 Å². The molecule has 2 fully saturated rings. The predicted octanol–water partition coefficient (Wildman–Crippen LogP) is 1.54. The van der Waals surface area contributed by atoms with E-state index in [2.05, 4.69) is 16.0 Å². The summed E-state index contributed by atoms with van der Waals surface area (Å²) < 4.78 is 5.93. The SMILES string of the molecule is CSc1nc(CN2CCC3(CC2)OCC[C@@](C)(O)[C@@H]3O)ccc1C#N. The molecule has 0 radical (unpaired) electrons. The van der Waals surface area contributed by atoms with Crippen LogP contribution in [0.2, 0.25) is 0 Å². The Morgan fingerprint density at radius 2 is 2.12 bits per heavy atom. The Morgan fingerprint density at radius 3 is 2.76 bits per heavy atom. The number of hydrogen-bond donors (Lipinski definition) is 2. The number of hydrogen-bond acceptors (Lipinski definition) is 7. The summed E-state index contributed by atoms with van der Waals surface area (Å²) in [5.41, 5.74) is -0.172. The van der Waals surface area contributed by atoms with Crippen molar-refractivity contribution < 1.29 is 14.9 Å². The Kier molecular flexibility index (Phi) is 5.37. The summed E-state index contributed by atoms with van der Waals surface area (Å²) in [4.78, 5) is 6.86. The minimum atomic E-state index is -1.08. The van der Waals surface area contributed by atoms with Gasteiger partial charge in [0, 0.05) is 26.1 Å². The topological polar surface area (TPSA) is 89.6 Å². The lowest BCUT2D eigenvalue weighted by Gasteiger charge is -2.51. The summed E-state index contributed by atoms with van der Waals surface area (Å²) in [6, 6.07) is 5.89. The summed E-state index contributed by atoms with van der Waals surface area (Å²) in [6.45, 7) is 4.45. The van der Waals surface area contributed by atoms with Gasteiger partial charge in [-0.3, -0.25) is 4.90 Å². The Labute approximate surface area is 152 Å². The average molecular weight is 363 g/mol. The zero-order valence-electron chi connectivity index (χ0n) is 14.7. The lowest BCUT2D eigenvalue weighted by atomic mass is 9.75. The normalized spacial score (nSPS) is 29.5. The van der Waals surface area contributed by atoms with Crippen LogP contribution < -0.4 is 0 Å². The zero-order valence-corrected chi connectivity index (χ0v) is 15.6. The molecule has 2 N–H and O–H groups in total. The molecule has 0 aliphatic carbocycles. The molecular weight excluding hydrogens is 338 g/mol. The van der Waals surface area contributed by atoms with Gasteiger partial charge in [0.25, 0.3) is 0 Å². The van der Waals surface area contributed by atoms with Gasteiger partial charge < -0.3 is 14.9 Å². The van der Waals surface area contributed by atoms with Gasteiger partial charge in [-0.2, -0.15) is 5.26 Å². The number of rotatable bonds is 3. The molecule has 2 aliphatic heterocycles. The Morgan fingerprint density at radius 1 is 1.40 bits per heavy atom. The molecule has 0 amide bonds. The minimum absolute atomic E-state index is 0.465. The predicted molar refractivity (Wildman–Crippen MR) is 95.2 cm³/mol. The molecule has 0 saturated carbocycles. The number of likely N-dealkylation sites (tertiary alicyclic amines) is 1. The van der Waals surface area contributed by atoms with Crippen LogP contribution in [0.4, 0.5) is 0 Å². The van der Waals surface area contributed by atoms with Crippen molar-refractivity contribution in [3.05, 3.63) is 23.4 Å². The quantitative estimate of drug-likeness (QED) is 0.787. The van der Waals surface area contributed by atoms with Crippen molar-refractivity contribution in [1.29, 1.82) is 5.26 Å². The summed E-state index contributed by atoms with van der Waals surface area (Å²) in [6.07, 6.45) is 2.91. The number of aliphatic hydroxyl groups is 2. The van der Waals surface area contributed by atoms with E-state index in [1.807, 2.05) is 18.4 Å². The van der Waals surface area contributed by atoms with Crippen molar-refractivity contribution in [2.24, 2.45) is 0 Å². The Bertz CT molecular complexity index is 666. The maximum Gasteiger partial charge on any atom is 0.114 e. The van der Waals surface area contributed by atoms with Crippen molar-refractivity contribution in [3.63, 3.8) is 0 Å². The minimum Gasteiger partial charge on any atom is -0.387 e. The first kappa shape index (κ1) is 18.6. The van der Waals surface area contributed by atoms with Gasteiger partial charge in [-0.1, -0.05) is 0 Å². The maximum atomic E-state index is 10.6. The highest BCUT2D eigenvalue weighted by molar-refractivity contribution is 7.98. The average Bonchev–Trinajstić information content (AvgIpc) is 2.61. The van der Waals surface area contributed by atoms with E-state index < -0.39 is 17.3 Å². The number of thioether (sulfide) groups is 1. The van der Waals surface area contributed by atoms with Gasteiger partial charge in [0.15, 0.2) is 0 Å². The van der Waals surface area contributed by atoms with Crippen LogP contribution >= 0.6 is 11.8 Å². The van der Waals surface area contributed by atoms with Gasteiger partial charge in [0.05, 0.1) is 29.1 Å². The third-order valence-electron chi connectivity index (χ3n) is 5.40. The van der Waals surface area contributed by atoms with Crippen LogP contribution in [0, 0.1) is 11.3 Å². The molecule has 25 heavy (non-hydrogen) atoms. The molecule has 2 saturated heterocycles. The van der Waals surface area contributed by atoms with Crippen LogP contribution in [0.25, 0.3) is 0 Å². The van der Waals surface area contributed by atoms with Gasteiger partial charge in [-0.25, -0.2) is 4.98 Å². The third kappa shape index (κ3) is 3.69. The Balaban J connectivity index is 1.64. The van der Waals surface area contributed by atoms with Gasteiger partial charge in [-0.05, 0) is 38.2 Å². The first-order chi connectivity index (χ1) is 11.9. The van der Waals surface area contributed by atoms with Gasteiger partial charge in [-0.15, -0.1) is 11.8 Å². The molecule has 2 atom stereocenters. The number of piperidine rings is 1. The monoisotopic (exact) mass is 363 g/mol. The molecule has 1 spiro atoms. The molecule has 1 aromatic rings. The summed E-state index contributed by atoms with van der Waals surface area (Å²) in [5.74, 6) is 0. The first-order valence-electron chi connectivity index (χ1n) is 8.61. The van der Waals surface area contributed by atoms with E-state index in [1.165, 1.54) is 11.8 Å². The highest BCUT2D eigenvalue weighted by atomic mass is 32.2. The van der Waals surface area contributed by atoms with Crippen LogP contribution in [-0.2, 0) is 11.3 Å². The van der Waals surface area contributed by atoms with E-state index in [-0.39, 0.29) is 0 Å². The van der Waals surface area contributed by atoms with Crippen molar-refractivity contribution in [2.75, 3.05) is 26.0 Å². The highest BCUT2D eigenvalue weighted by Gasteiger charge is 2.52. The maximum absolute atomic E-state index is 10.6. The lowest BCUT2D eigenvalue weighted by molar-refractivity contribution is -0.246. The van der Waals surface area contributed by atoms with Crippen LogP contribution in [0.15, 0.2) is 17.2 Å². The van der Waals surface area contributed by atoms with E-state index >= 15 is 0 Å². The fourth-order valence-corrected chi connectivity index (χ4v) is 4.33. The second kappa shape index (κ2) is 7.22. The Hall–Kier alpha value is -1.17. The number of aliphatic hydroxyl groups excluding tert-OH is 1. The molecule has 0 aromatic carbocycles. The first-order valence-corrected chi connectivity index (χ1v) is 9.83. The summed E-state index contributed by atoms with van der Waals surface area (Å²) >= 11 is 1.48. The van der Waals surface area contributed by atoms with Gasteiger partial charge in [0.2, 0.25) is 0 Å². The second-order valence-electron chi connectivity index (χ2n) is 7.17. The summed E-state index contributed by atoms with van der Waals surface area (Å²) in [7, 11) is 0. The second-order valence-corrected chi connectivity index (χ2v) is 7.97. The van der Waals surface area contributed by atoms with Crippen LogP contribution in [0.5, 0.6) is 0 Å². The van der Waals surface area contributed by atoms with E-state index in [0.717, 1.165) is 23.8 Å². The molecule has 0 bridgehead atoms. The standard InChI is InChI=1S/C18H25N3O3S/c1-17(23)7-10-24-18(16(17)22)5-8-21(9-6-18)12-14-4-3-13(11-19)15(20-14)25-2/h3-4,16,22-23H,5-10,12H2,1-2H3/t16-,17+/m0/s1. The molecule has 0 unspecified atom stereocenters. The number of aromatic nitrogens is 1. The van der Waals surface area contributed by atoms with E-state index in [1.54, 1.807) is 6.92 Å². The zero-order chi connectivity index (χ0) is 18.1. The highest BCUT2D eigenvalue weighted by Crippen LogP contribution is 2.39. The lowest BCUT2D eigenvalue weighted by Crippen LogP contribution is -2.64. The van der Waals surface area contributed by atoms with Crippen LogP contribution in [0.1, 0.15) is 37.4 Å². The number of ether oxygens (including phenoxy) is 1. The molecular formula is C18H25N3O3S. The van der Waals surface area contributed by atoms with Crippen molar-refractivity contribution in [3.8, 4) is 6.07 Å². The smallest absolute Gasteiger partial charge is 0.114 e.